The van der Waals surface area contributed by atoms with Gasteiger partial charge in [-0.15, -0.1) is 34.8 Å². The van der Waals surface area contributed by atoms with E-state index in [0.717, 1.165) is 25.0 Å². The summed E-state index contributed by atoms with van der Waals surface area (Å²) in [6.07, 6.45) is 1.03. The molecule has 0 bridgehead atoms. The summed E-state index contributed by atoms with van der Waals surface area (Å²) in [7, 11) is 3.07. The molecule has 0 spiro atoms. The van der Waals surface area contributed by atoms with Crippen molar-refractivity contribution in [2.45, 2.75) is 44.7 Å². The lowest BCUT2D eigenvalue weighted by Crippen LogP contribution is -2.32. The highest BCUT2D eigenvalue weighted by Gasteiger charge is 2.26. The molecule has 2 atom stereocenters. The Balaban J connectivity index is 1.25. The molecule has 0 aliphatic rings. The molecule has 5 rings (SSSR count). The van der Waals surface area contributed by atoms with Gasteiger partial charge in [0, 0.05) is 61.6 Å². The Bertz CT molecular complexity index is 2790. The molecule has 5 aromatic rings. The zero-order valence-electron chi connectivity index (χ0n) is 36.8. The van der Waals surface area contributed by atoms with Crippen LogP contribution in [0.15, 0.2) is 111 Å². The number of carbonyl (C=O) groups excluding carboxylic acids is 6. The first kappa shape index (κ1) is 52.5. The third-order valence-electron chi connectivity index (χ3n) is 9.71. The van der Waals surface area contributed by atoms with Crippen LogP contribution < -0.4 is 30.7 Å². The second-order valence-corrected chi connectivity index (χ2v) is 16.6. The average Bonchev–Trinajstić information content (AvgIpc) is 3.29. The molecular weight excluding hydrogens is 982 g/mol. The number of hydrogen-bond donors (Lipinski definition) is 4. The van der Waals surface area contributed by atoms with Gasteiger partial charge in [0.1, 0.15) is 11.5 Å². The van der Waals surface area contributed by atoms with Crippen molar-refractivity contribution in [1.82, 2.24) is 0 Å². The van der Waals surface area contributed by atoms with Crippen molar-refractivity contribution in [3.8, 4) is 11.5 Å². The first-order valence-electron chi connectivity index (χ1n) is 20.4. The van der Waals surface area contributed by atoms with Gasteiger partial charge in [0.25, 0.3) is 23.6 Å². The number of rotatable bonds is 21. The predicted octanol–water partition coefficient (Wildman–Crippen LogP) is 11.2. The van der Waals surface area contributed by atoms with E-state index in [-0.39, 0.29) is 49.8 Å². The van der Waals surface area contributed by atoms with E-state index < -0.39 is 47.3 Å². The smallest absolute Gasteiger partial charge is 0.258 e. The van der Waals surface area contributed by atoms with Crippen LogP contribution >= 0.6 is 58.0 Å². The summed E-state index contributed by atoms with van der Waals surface area (Å²) in [5, 5.41) is 27.1. The van der Waals surface area contributed by atoms with E-state index in [1.165, 1.54) is 68.8 Å². The normalized spacial score (nSPS) is 12.0. The summed E-state index contributed by atoms with van der Waals surface area (Å²) in [5.41, 5.74) is 3.71. The molecule has 0 heterocycles. The topological polar surface area (TPSA) is 218 Å². The summed E-state index contributed by atoms with van der Waals surface area (Å²) < 4.78 is 10.7. The van der Waals surface area contributed by atoms with Gasteiger partial charge in [-0.1, -0.05) is 23.2 Å². The third-order valence-corrected chi connectivity index (χ3v) is 10.8. The summed E-state index contributed by atoms with van der Waals surface area (Å²) in [5.74, 6) is -2.23. The van der Waals surface area contributed by atoms with Crippen LogP contribution in [0, 0.1) is 0 Å². The Morgan fingerprint density at radius 3 is 1.35 bits per heavy atom. The number of azo groups is 2. The lowest BCUT2D eigenvalue weighted by molar-refractivity contribution is -0.127. The molecule has 354 valence electrons. The predicted molar refractivity (Wildman–Crippen MR) is 265 cm³/mol. The van der Waals surface area contributed by atoms with Crippen molar-refractivity contribution in [2.75, 3.05) is 47.2 Å². The van der Waals surface area contributed by atoms with Crippen molar-refractivity contribution in [1.29, 1.82) is 0 Å². The number of Topliss-reactive ketones (excluding diaryl/α,β-unsaturated/α-hetero) is 2. The molecule has 2 unspecified atom stereocenters. The Kier molecular flexibility index (Phi) is 19.4. The highest BCUT2D eigenvalue weighted by molar-refractivity contribution is 6.32. The second kappa shape index (κ2) is 25.1. The zero-order valence-corrected chi connectivity index (χ0v) is 40.6. The van der Waals surface area contributed by atoms with E-state index in [9.17, 15) is 28.8 Å². The Morgan fingerprint density at radius 1 is 0.529 bits per heavy atom. The fourth-order valence-electron chi connectivity index (χ4n) is 6.44. The number of alkyl halides is 3. The van der Waals surface area contributed by atoms with Gasteiger partial charge in [-0.05, 0) is 134 Å². The van der Waals surface area contributed by atoms with Gasteiger partial charge >= 0.3 is 0 Å². The fraction of sp³-hybridized carbons (Fsp3) is 0.234. The van der Waals surface area contributed by atoms with Crippen LogP contribution in [0.5, 0.6) is 11.5 Å². The molecular formula is C47H43Cl5N8O8. The molecule has 0 aliphatic heterocycles. The minimum absolute atomic E-state index is 0.0899. The molecule has 68 heavy (non-hydrogen) atoms. The minimum atomic E-state index is -1.62. The van der Waals surface area contributed by atoms with Crippen LogP contribution in [0.2, 0.25) is 10.0 Å². The molecule has 21 heteroatoms. The van der Waals surface area contributed by atoms with Crippen LogP contribution in [0.25, 0.3) is 0 Å². The molecule has 4 amide bonds. The molecule has 0 saturated carbocycles. The number of aryl methyl sites for hydroxylation is 2. The van der Waals surface area contributed by atoms with E-state index in [1.807, 2.05) is 0 Å². The van der Waals surface area contributed by atoms with Gasteiger partial charge in [0.05, 0.1) is 25.6 Å². The Hall–Kier alpha value is -6.43. The number of nitrogens with zero attached hydrogens (tertiary/aromatic N) is 4. The SMILES string of the molecule is COc1ccc(NC(=O)c2cc(Cl)cc(N=NC(C(C)=O)C(=O)Nc3ccc(NC(=O)C(N=Nc4cc(Cl)cc(C(=O)Nc5ccc(OC)c(CCCl)c5)c4)C(C)=O)c(CCl)c3)c2)cc1CCCl. The van der Waals surface area contributed by atoms with Gasteiger partial charge in [-0.3, -0.25) is 28.8 Å². The van der Waals surface area contributed by atoms with E-state index in [0.29, 0.717) is 53.0 Å². The number of hydrogen-bond acceptors (Lipinski definition) is 12. The van der Waals surface area contributed by atoms with Crippen LogP contribution in [0.4, 0.5) is 34.1 Å². The minimum Gasteiger partial charge on any atom is -0.496 e. The number of nitrogens with one attached hydrogen (secondary N) is 4. The van der Waals surface area contributed by atoms with E-state index in [4.69, 9.17) is 67.5 Å². The van der Waals surface area contributed by atoms with Crippen LogP contribution in [0.1, 0.15) is 51.3 Å². The summed E-state index contributed by atoms with van der Waals surface area (Å²) in [6.45, 7) is 2.31. The maximum atomic E-state index is 13.4. The number of carbonyl (C=O) groups is 6. The fourth-order valence-corrected chi connectivity index (χ4v) is 7.53. The van der Waals surface area contributed by atoms with Gasteiger partial charge < -0.3 is 30.7 Å². The van der Waals surface area contributed by atoms with E-state index in [1.54, 1.807) is 36.4 Å². The van der Waals surface area contributed by atoms with Gasteiger partial charge in [0.15, 0.2) is 11.6 Å². The van der Waals surface area contributed by atoms with Crippen LogP contribution in [0.3, 0.4) is 0 Å². The molecule has 4 N–H and O–H groups in total. The molecule has 16 nitrogen and oxygen atoms in total. The summed E-state index contributed by atoms with van der Waals surface area (Å²) in [6, 6.07) is 19.7. The lowest BCUT2D eigenvalue weighted by atomic mass is 10.1. The monoisotopic (exact) mass is 1020 g/mol. The number of benzene rings is 5. The number of ether oxygens (including phenoxy) is 2. The molecule has 0 aliphatic carbocycles. The highest BCUT2D eigenvalue weighted by atomic mass is 35.5. The van der Waals surface area contributed by atoms with E-state index in [2.05, 4.69) is 41.7 Å². The maximum Gasteiger partial charge on any atom is 0.258 e. The largest absolute Gasteiger partial charge is 0.496 e. The number of ketones is 2. The van der Waals surface area contributed by atoms with Gasteiger partial charge in [-0.25, -0.2) is 0 Å². The van der Waals surface area contributed by atoms with Crippen LogP contribution in [-0.4, -0.2) is 73.3 Å². The van der Waals surface area contributed by atoms with E-state index >= 15 is 0 Å². The lowest BCUT2D eigenvalue weighted by Gasteiger charge is -2.15. The van der Waals surface area contributed by atoms with Crippen molar-refractivity contribution >= 4 is 127 Å². The number of anilines is 4. The maximum absolute atomic E-state index is 13.4. The van der Waals surface area contributed by atoms with Crippen molar-refractivity contribution in [2.24, 2.45) is 20.5 Å². The van der Waals surface area contributed by atoms with Crippen molar-refractivity contribution < 1.29 is 38.2 Å². The standard InChI is InChI=1S/C47H43Cl5N8O8/c1-25(61)42(59-57-37-19-29(15-32(51)22-37)44(63)53-35-6-9-40(67-3)27(17-35)11-13-48)46(65)55-34-5-8-39(31(21-34)24-50)56-47(66)43(26(2)62)60-58-38-20-30(16-33(52)23-38)45(64)54-36-7-10-41(68-4)28(18-36)12-14-49/h5-10,15-23,42-43H,11-14,24H2,1-4H3,(H,53,63)(H,54,64)(H,55,65)(H,56,66). The van der Waals surface area contributed by atoms with Gasteiger partial charge in [-0.2, -0.15) is 20.5 Å². The quantitative estimate of drug-likeness (QED) is 0.0314. The number of amides is 4. The Labute approximate surface area is 416 Å². The molecule has 0 aromatic heterocycles. The average molecular weight is 1030 g/mol. The van der Waals surface area contributed by atoms with Gasteiger partial charge in [0.2, 0.25) is 12.1 Å². The first-order chi connectivity index (χ1) is 32.5. The van der Waals surface area contributed by atoms with Crippen LogP contribution in [-0.2, 0) is 37.9 Å². The highest BCUT2D eigenvalue weighted by Crippen LogP contribution is 2.29. The summed E-state index contributed by atoms with van der Waals surface area (Å²) >= 11 is 30.7. The first-order valence-corrected chi connectivity index (χ1v) is 22.7. The molecule has 0 radical (unpaired) electrons. The second-order valence-electron chi connectivity index (χ2n) is 14.7. The molecule has 0 fully saturated rings. The molecule has 5 aromatic carbocycles. The van der Waals surface area contributed by atoms with Crippen molar-refractivity contribution in [3.63, 3.8) is 0 Å². The van der Waals surface area contributed by atoms with Crippen molar-refractivity contribution in [3.05, 3.63) is 129 Å². The Morgan fingerprint density at radius 2 is 0.941 bits per heavy atom. The zero-order chi connectivity index (χ0) is 49.5. The number of methoxy groups -OCH3 is 2. The molecule has 0 saturated heterocycles. The number of halogens is 5. The third kappa shape index (κ3) is 14.5. The summed E-state index contributed by atoms with van der Waals surface area (Å²) in [4.78, 5) is 78.5.